The fourth-order valence-corrected chi connectivity index (χ4v) is 5.58. The molecule has 6 aromatic rings. The van der Waals surface area contributed by atoms with Gasteiger partial charge in [0.2, 0.25) is 4.96 Å². The van der Waals surface area contributed by atoms with Gasteiger partial charge in [-0.3, -0.25) is 4.79 Å². The molecule has 0 aliphatic rings. The van der Waals surface area contributed by atoms with Gasteiger partial charge >= 0.3 is 0 Å². The van der Waals surface area contributed by atoms with Crippen molar-refractivity contribution < 1.29 is 4.74 Å². The van der Waals surface area contributed by atoms with Crippen LogP contribution < -0.4 is 14.8 Å². The van der Waals surface area contributed by atoms with E-state index in [-0.39, 0.29) is 5.56 Å². The molecule has 206 valence electrons. The third-order valence-corrected chi connectivity index (χ3v) is 7.94. The highest BCUT2D eigenvalue weighted by Crippen LogP contribution is 2.26. The molecule has 3 aromatic carbocycles. The average Bonchev–Trinajstić information content (AvgIpc) is 3.69. The zero-order chi connectivity index (χ0) is 28.2. The molecule has 0 amide bonds. The Morgan fingerprint density at radius 2 is 1.66 bits per heavy atom. The zero-order valence-corrected chi connectivity index (χ0v) is 24.1. The van der Waals surface area contributed by atoms with E-state index in [2.05, 4.69) is 17.0 Å². The highest BCUT2D eigenvalue weighted by molar-refractivity contribution is 7.15. The summed E-state index contributed by atoms with van der Waals surface area (Å²) in [5.41, 5.74) is 3.99. The summed E-state index contributed by atoms with van der Waals surface area (Å²) >= 11 is 7.43. The van der Waals surface area contributed by atoms with Crippen molar-refractivity contribution in [2.24, 2.45) is 0 Å². The van der Waals surface area contributed by atoms with Crippen LogP contribution in [0, 0.1) is 0 Å². The first-order chi connectivity index (χ1) is 20.1. The number of thiazole rings is 1. The first kappa shape index (κ1) is 26.9. The van der Waals surface area contributed by atoms with Gasteiger partial charge in [0.1, 0.15) is 11.4 Å². The summed E-state index contributed by atoms with van der Waals surface area (Å²) < 4.78 is 9.56. The third kappa shape index (κ3) is 5.94. The number of rotatable bonds is 10. The van der Waals surface area contributed by atoms with Gasteiger partial charge in [0.25, 0.3) is 5.56 Å². The second-order valence-corrected chi connectivity index (χ2v) is 11.1. The summed E-state index contributed by atoms with van der Waals surface area (Å²) in [6.07, 6.45) is 8.44. The lowest BCUT2D eigenvalue weighted by molar-refractivity contribution is 0.305. The van der Waals surface area contributed by atoms with Crippen molar-refractivity contribution in [2.75, 3.05) is 6.61 Å². The zero-order valence-electron chi connectivity index (χ0n) is 22.5. The molecule has 0 radical (unpaired) electrons. The van der Waals surface area contributed by atoms with Crippen LogP contribution in [0.1, 0.15) is 38.2 Å². The SMILES string of the molecule is CCCCCCOc1ccc(-c2nc3s/c(=C\c4cn(-c5ccccc5)nc4-c4ccc(Cl)cc4)c(=O)n3n2)cc1. The Labute approximate surface area is 246 Å². The van der Waals surface area contributed by atoms with Crippen LogP contribution in [0.3, 0.4) is 0 Å². The molecule has 9 heteroatoms. The number of benzene rings is 3. The highest BCUT2D eigenvalue weighted by atomic mass is 35.5. The lowest BCUT2D eigenvalue weighted by atomic mass is 10.1. The van der Waals surface area contributed by atoms with Crippen molar-refractivity contribution in [1.29, 1.82) is 0 Å². The molecular formula is C32H28ClN5O2S. The lowest BCUT2D eigenvalue weighted by Gasteiger charge is -2.06. The molecule has 0 aliphatic carbocycles. The predicted octanol–water partition coefficient (Wildman–Crippen LogP) is 6.83. The molecule has 0 saturated carbocycles. The van der Waals surface area contributed by atoms with Crippen LogP contribution in [0.4, 0.5) is 0 Å². The van der Waals surface area contributed by atoms with Gasteiger partial charge in [-0.1, -0.05) is 79.5 Å². The van der Waals surface area contributed by atoms with Gasteiger partial charge in [0.05, 0.1) is 16.8 Å². The van der Waals surface area contributed by atoms with Crippen molar-refractivity contribution in [3.63, 3.8) is 0 Å². The highest BCUT2D eigenvalue weighted by Gasteiger charge is 2.15. The largest absolute Gasteiger partial charge is 0.494 e. The van der Waals surface area contributed by atoms with Crippen LogP contribution in [0.15, 0.2) is 89.9 Å². The van der Waals surface area contributed by atoms with E-state index in [1.165, 1.54) is 35.1 Å². The van der Waals surface area contributed by atoms with Gasteiger partial charge in [0.15, 0.2) is 5.82 Å². The van der Waals surface area contributed by atoms with Crippen molar-refractivity contribution in [3.8, 4) is 34.1 Å². The standard InChI is InChI=1S/C32H28ClN5O2S/c1-2-3-4-8-19-40-27-17-13-23(14-18-27)30-34-32-38(36-30)31(39)28(41-32)20-24-21-37(26-9-6-5-7-10-26)35-29(24)22-11-15-25(33)16-12-22/h5-7,9-18,20-21H,2-4,8,19H2,1H3/b28-20-. The topological polar surface area (TPSA) is 74.3 Å². The molecule has 0 spiro atoms. The number of fused-ring (bicyclic) bond motifs is 1. The number of aromatic nitrogens is 5. The van der Waals surface area contributed by atoms with Gasteiger partial charge < -0.3 is 4.74 Å². The maximum absolute atomic E-state index is 13.4. The number of unbranched alkanes of at least 4 members (excludes halogenated alkanes) is 3. The lowest BCUT2D eigenvalue weighted by Crippen LogP contribution is -2.23. The monoisotopic (exact) mass is 581 g/mol. The molecule has 3 aromatic heterocycles. The summed E-state index contributed by atoms with van der Waals surface area (Å²) in [7, 11) is 0. The van der Waals surface area contributed by atoms with Gasteiger partial charge in [-0.2, -0.15) is 14.6 Å². The number of hydrogen-bond donors (Lipinski definition) is 0. The molecule has 41 heavy (non-hydrogen) atoms. The van der Waals surface area contributed by atoms with Crippen LogP contribution in [-0.4, -0.2) is 31.0 Å². The van der Waals surface area contributed by atoms with Gasteiger partial charge in [-0.15, -0.1) is 5.10 Å². The first-order valence-electron chi connectivity index (χ1n) is 13.6. The molecule has 0 aliphatic heterocycles. The van der Waals surface area contributed by atoms with Crippen LogP contribution in [0.25, 0.3) is 39.4 Å². The minimum absolute atomic E-state index is 0.217. The normalized spacial score (nSPS) is 11.9. The van der Waals surface area contributed by atoms with E-state index in [1.54, 1.807) is 0 Å². The van der Waals surface area contributed by atoms with E-state index in [1.807, 2.05) is 95.8 Å². The second-order valence-electron chi connectivity index (χ2n) is 9.70. The maximum atomic E-state index is 13.4. The van der Waals surface area contributed by atoms with Crippen LogP contribution >= 0.6 is 22.9 Å². The van der Waals surface area contributed by atoms with Gasteiger partial charge in [0, 0.05) is 27.9 Å². The van der Waals surface area contributed by atoms with Crippen molar-refractivity contribution >= 4 is 34.0 Å². The molecular weight excluding hydrogens is 554 g/mol. The van der Waals surface area contributed by atoms with E-state index in [0.29, 0.717) is 26.9 Å². The Kier molecular flexibility index (Phi) is 7.93. The molecule has 0 atom stereocenters. The summed E-state index contributed by atoms with van der Waals surface area (Å²) in [4.78, 5) is 18.6. The molecule has 6 rings (SSSR count). The molecule has 0 bridgehead atoms. The van der Waals surface area contributed by atoms with Crippen LogP contribution in [0.5, 0.6) is 5.75 Å². The summed E-state index contributed by atoms with van der Waals surface area (Å²) in [5, 5.41) is 10.0. The average molecular weight is 582 g/mol. The minimum atomic E-state index is -0.217. The van der Waals surface area contributed by atoms with E-state index < -0.39 is 0 Å². The molecule has 0 fully saturated rings. The fraction of sp³-hybridized carbons (Fsp3) is 0.188. The number of nitrogens with zero attached hydrogens (tertiary/aromatic N) is 5. The fourth-order valence-electron chi connectivity index (χ4n) is 4.55. The Hall–Kier alpha value is -4.27. The third-order valence-electron chi connectivity index (χ3n) is 6.73. The van der Waals surface area contributed by atoms with Crippen molar-refractivity contribution in [2.45, 2.75) is 32.6 Å². The second kappa shape index (κ2) is 12.1. The smallest absolute Gasteiger partial charge is 0.291 e. The Morgan fingerprint density at radius 3 is 2.39 bits per heavy atom. The quantitative estimate of drug-likeness (QED) is 0.166. The van der Waals surface area contributed by atoms with Gasteiger partial charge in [-0.25, -0.2) is 4.68 Å². The van der Waals surface area contributed by atoms with Crippen molar-refractivity contribution in [3.05, 3.63) is 111 Å². The Balaban J connectivity index is 1.30. The first-order valence-corrected chi connectivity index (χ1v) is 14.8. The van der Waals surface area contributed by atoms with Crippen LogP contribution in [-0.2, 0) is 0 Å². The van der Waals surface area contributed by atoms with Crippen LogP contribution in [0.2, 0.25) is 5.02 Å². The molecule has 3 heterocycles. The maximum Gasteiger partial charge on any atom is 0.291 e. The van der Waals surface area contributed by atoms with E-state index >= 15 is 0 Å². The number of para-hydroxylation sites is 1. The molecule has 0 saturated heterocycles. The van der Waals surface area contributed by atoms with Gasteiger partial charge in [-0.05, 0) is 61.0 Å². The van der Waals surface area contributed by atoms with E-state index in [0.717, 1.165) is 40.2 Å². The van der Waals surface area contributed by atoms with E-state index in [9.17, 15) is 4.79 Å². The number of ether oxygens (including phenoxy) is 1. The molecule has 0 unspecified atom stereocenters. The van der Waals surface area contributed by atoms with Crippen molar-refractivity contribution in [1.82, 2.24) is 24.4 Å². The number of hydrogen-bond acceptors (Lipinski definition) is 6. The van der Waals surface area contributed by atoms with E-state index in [4.69, 9.17) is 21.4 Å². The Morgan fingerprint density at radius 1 is 0.902 bits per heavy atom. The Bertz CT molecular complexity index is 1880. The summed E-state index contributed by atoms with van der Waals surface area (Å²) in [6.45, 7) is 2.91. The number of halogens is 1. The summed E-state index contributed by atoms with van der Waals surface area (Å²) in [6, 6.07) is 25.1. The molecule has 7 nitrogen and oxygen atoms in total. The minimum Gasteiger partial charge on any atom is -0.494 e. The summed E-state index contributed by atoms with van der Waals surface area (Å²) in [5.74, 6) is 1.33. The predicted molar refractivity (Wildman–Crippen MR) is 165 cm³/mol. The molecule has 0 N–H and O–H groups in total.